The van der Waals surface area contributed by atoms with Gasteiger partial charge in [-0.1, -0.05) is 16.4 Å². The molecule has 1 aromatic carbocycles. The zero-order valence-corrected chi connectivity index (χ0v) is 13.6. The van der Waals surface area contributed by atoms with Crippen LogP contribution in [0.1, 0.15) is 18.9 Å². The maximum absolute atomic E-state index is 13.0. The largest absolute Gasteiger partial charge is 0.464 e. The molecule has 1 N–H and O–H groups in total. The predicted molar refractivity (Wildman–Crippen MR) is 80.4 cm³/mol. The summed E-state index contributed by atoms with van der Waals surface area (Å²) in [7, 11) is 0. The minimum absolute atomic E-state index is 0.158. The number of aliphatic hydroxyl groups excluding tert-OH is 1. The second-order valence-electron chi connectivity index (χ2n) is 5.14. The molecule has 132 valence electrons. The van der Waals surface area contributed by atoms with Gasteiger partial charge in [0.25, 0.3) is 5.19 Å². The van der Waals surface area contributed by atoms with E-state index >= 15 is 0 Å². The average molecular weight is 365 g/mol. The fourth-order valence-corrected chi connectivity index (χ4v) is 2.61. The van der Waals surface area contributed by atoms with Crippen LogP contribution >= 0.6 is 11.3 Å². The standard InChI is InChI=1S/C14H15F4N3O2S/c1-8(2)21(10-5-3-9(15)4-6-10)11(22)7-23-13-20-19-12(24-13)14(16,17)18/h3-6,8,11,22H,7H2,1-2H3. The number of halogens is 4. The van der Waals surface area contributed by atoms with Crippen molar-refractivity contribution >= 4 is 17.0 Å². The Morgan fingerprint density at radius 3 is 2.33 bits per heavy atom. The number of aliphatic hydroxyl groups is 1. The van der Waals surface area contributed by atoms with Gasteiger partial charge in [0.05, 0.1) is 0 Å². The SMILES string of the molecule is CC(C)N(c1ccc(F)cc1)C(O)COc1nnc(C(F)(F)F)s1. The minimum Gasteiger partial charge on any atom is -0.464 e. The number of hydrogen-bond donors (Lipinski definition) is 1. The van der Waals surface area contributed by atoms with Crippen LogP contribution in [-0.2, 0) is 6.18 Å². The molecule has 2 rings (SSSR count). The normalized spacial score (nSPS) is 13.2. The number of anilines is 1. The topological polar surface area (TPSA) is 58.5 Å². The highest BCUT2D eigenvalue weighted by Gasteiger charge is 2.36. The molecule has 0 saturated carbocycles. The number of aromatic nitrogens is 2. The van der Waals surface area contributed by atoms with E-state index in [2.05, 4.69) is 10.2 Å². The lowest BCUT2D eigenvalue weighted by Crippen LogP contribution is -2.44. The summed E-state index contributed by atoms with van der Waals surface area (Å²) in [6.45, 7) is 3.29. The molecule has 1 atom stereocenters. The molecule has 0 radical (unpaired) electrons. The van der Waals surface area contributed by atoms with Crippen molar-refractivity contribution in [2.75, 3.05) is 11.5 Å². The zero-order valence-electron chi connectivity index (χ0n) is 12.8. The maximum Gasteiger partial charge on any atom is 0.445 e. The van der Waals surface area contributed by atoms with Crippen LogP contribution in [-0.4, -0.2) is 34.2 Å². The van der Waals surface area contributed by atoms with Gasteiger partial charge >= 0.3 is 6.18 Å². The molecule has 0 aliphatic heterocycles. The summed E-state index contributed by atoms with van der Waals surface area (Å²) in [4.78, 5) is 1.55. The van der Waals surface area contributed by atoms with Crippen LogP contribution in [0.2, 0.25) is 0 Å². The van der Waals surface area contributed by atoms with Gasteiger partial charge in [0, 0.05) is 11.7 Å². The number of alkyl halides is 3. The van der Waals surface area contributed by atoms with Crippen LogP contribution in [0.3, 0.4) is 0 Å². The third kappa shape index (κ3) is 4.54. The van der Waals surface area contributed by atoms with Gasteiger partial charge in [-0.2, -0.15) is 13.2 Å². The van der Waals surface area contributed by atoms with Crippen LogP contribution < -0.4 is 9.64 Å². The van der Waals surface area contributed by atoms with Crippen molar-refractivity contribution in [2.45, 2.75) is 32.3 Å². The van der Waals surface area contributed by atoms with Gasteiger partial charge in [-0.05, 0) is 38.1 Å². The Kier molecular flexibility index (Phi) is 5.60. The molecule has 24 heavy (non-hydrogen) atoms. The van der Waals surface area contributed by atoms with Gasteiger partial charge in [-0.3, -0.25) is 0 Å². The number of hydrogen-bond acceptors (Lipinski definition) is 6. The first kappa shape index (κ1) is 18.4. The molecule has 0 bridgehead atoms. The lowest BCUT2D eigenvalue weighted by molar-refractivity contribution is -0.138. The first-order valence-electron chi connectivity index (χ1n) is 6.94. The van der Waals surface area contributed by atoms with Crippen LogP contribution in [0.25, 0.3) is 0 Å². The van der Waals surface area contributed by atoms with E-state index in [1.165, 1.54) is 24.3 Å². The smallest absolute Gasteiger partial charge is 0.445 e. The monoisotopic (exact) mass is 365 g/mol. The summed E-state index contributed by atoms with van der Waals surface area (Å²) in [5.74, 6) is -0.415. The van der Waals surface area contributed by atoms with E-state index in [4.69, 9.17) is 4.74 Å². The lowest BCUT2D eigenvalue weighted by Gasteiger charge is -2.33. The van der Waals surface area contributed by atoms with Gasteiger partial charge in [0.15, 0.2) is 6.23 Å². The van der Waals surface area contributed by atoms with Gasteiger partial charge < -0.3 is 14.7 Å². The van der Waals surface area contributed by atoms with Gasteiger partial charge in [0.1, 0.15) is 12.4 Å². The first-order chi connectivity index (χ1) is 11.2. The molecule has 0 spiro atoms. The lowest BCUT2D eigenvalue weighted by atomic mass is 10.2. The summed E-state index contributed by atoms with van der Waals surface area (Å²) in [6, 6.07) is 5.32. The summed E-state index contributed by atoms with van der Waals surface area (Å²) in [5.41, 5.74) is 0.552. The summed E-state index contributed by atoms with van der Waals surface area (Å²) in [6.07, 6.45) is -5.75. The molecule has 1 heterocycles. The van der Waals surface area contributed by atoms with Crippen molar-refractivity contribution in [3.8, 4) is 5.19 Å². The van der Waals surface area contributed by atoms with Crippen molar-refractivity contribution in [1.82, 2.24) is 10.2 Å². The fourth-order valence-electron chi connectivity index (χ4n) is 2.04. The van der Waals surface area contributed by atoms with Crippen LogP contribution in [0, 0.1) is 5.82 Å². The Morgan fingerprint density at radius 2 is 1.83 bits per heavy atom. The van der Waals surface area contributed by atoms with Crippen molar-refractivity contribution in [3.63, 3.8) is 0 Å². The highest BCUT2D eigenvalue weighted by Crippen LogP contribution is 2.34. The van der Waals surface area contributed by atoms with Crippen molar-refractivity contribution in [2.24, 2.45) is 0 Å². The molecule has 0 saturated heterocycles. The quantitative estimate of drug-likeness (QED) is 0.629. The summed E-state index contributed by atoms with van der Waals surface area (Å²) >= 11 is 0.251. The van der Waals surface area contributed by atoms with E-state index in [9.17, 15) is 22.7 Å². The fraction of sp³-hybridized carbons (Fsp3) is 0.429. The molecule has 10 heteroatoms. The predicted octanol–water partition coefficient (Wildman–Crippen LogP) is 3.31. The molecule has 1 unspecified atom stereocenters. The van der Waals surface area contributed by atoms with E-state index in [1.807, 2.05) is 0 Å². The second-order valence-corrected chi connectivity index (χ2v) is 6.08. The Labute approximate surface area is 139 Å². The van der Waals surface area contributed by atoms with Crippen LogP contribution in [0.4, 0.5) is 23.2 Å². The van der Waals surface area contributed by atoms with E-state index in [1.54, 1.807) is 18.7 Å². The molecular formula is C14H15F4N3O2S. The molecule has 5 nitrogen and oxygen atoms in total. The highest BCUT2D eigenvalue weighted by molar-refractivity contribution is 7.13. The van der Waals surface area contributed by atoms with E-state index in [0.717, 1.165) is 0 Å². The molecule has 0 aliphatic rings. The molecule has 0 fully saturated rings. The first-order valence-corrected chi connectivity index (χ1v) is 7.75. The number of nitrogens with zero attached hydrogens (tertiary/aromatic N) is 3. The molecule has 1 aromatic heterocycles. The van der Waals surface area contributed by atoms with Gasteiger partial charge in [-0.15, -0.1) is 5.10 Å². The molecule has 0 amide bonds. The molecule has 0 aliphatic carbocycles. The molecule has 2 aromatic rings. The second kappa shape index (κ2) is 7.31. The van der Waals surface area contributed by atoms with Crippen molar-refractivity contribution in [3.05, 3.63) is 35.1 Å². The van der Waals surface area contributed by atoms with E-state index in [0.29, 0.717) is 5.69 Å². The maximum atomic E-state index is 13.0. The third-order valence-electron chi connectivity index (χ3n) is 3.01. The third-order valence-corrected chi connectivity index (χ3v) is 3.89. The van der Waals surface area contributed by atoms with Crippen molar-refractivity contribution in [1.29, 1.82) is 0 Å². The van der Waals surface area contributed by atoms with Crippen LogP contribution in [0.15, 0.2) is 24.3 Å². The Balaban J connectivity index is 2.04. The van der Waals surface area contributed by atoms with E-state index < -0.39 is 23.2 Å². The Hall–Kier alpha value is -1.94. The van der Waals surface area contributed by atoms with Gasteiger partial charge in [-0.25, -0.2) is 4.39 Å². The summed E-state index contributed by atoms with van der Waals surface area (Å²) in [5, 5.41) is 15.1. The Morgan fingerprint density at radius 1 is 1.21 bits per heavy atom. The van der Waals surface area contributed by atoms with Crippen molar-refractivity contribution < 1.29 is 27.4 Å². The zero-order chi connectivity index (χ0) is 17.9. The Bertz CT molecular complexity index is 661. The average Bonchev–Trinajstić information content (AvgIpc) is 2.96. The number of rotatable bonds is 6. The molecular weight excluding hydrogens is 350 g/mol. The van der Waals surface area contributed by atoms with Gasteiger partial charge in [0.2, 0.25) is 5.01 Å². The number of ether oxygens (including phenoxy) is 1. The summed E-state index contributed by atoms with van der Waals surface area (Å²) < 4.78 is 55.5. The number of benzene rings is 1. The minimum atomic E-state index is -4.59. The highest BCUT2D eigenvalue weighted by atomic mass is 32.1. The van der Waals surface area contributed by atoms with E-state index in [-0.39, 0.29) is 29.2 Å². The van der Waals surface area contributed by atoms with Crippen LogP contribution in [0.5, 0.6) is 5.19 Å².